The molecular formula is C21H21N3O4S. The van der Waals surface area contributed by atoms with Crippen LogP contribution in [0.2, 0.25) is 0 Å². The Morgan fingerprint density at radius 3 is 2.90 bits per heavy atom. The largest absolute Gasteiger partial charge is 0.497 e. The van der Waals surface area contributed by atoms with Gasteiger partial charge in [0.25, 0.3) is 11.5 Å². The highest BCUT2D eigenvalue weighted by Crippen LogP contribution is 2.34. The molecule has 0 atom stereocenters. The fourth-order valence-electron chi connectivity index (χ4n) is 3.61. The molecule has 0 bridgehead atoms. The van der Waals surface area contributed by atoms with Crippen LogP contribution < -0.4 is 15.0 Å². The summed E-state index contributed by atoms with van der Waals surface area (Å²) in [6.45, 7) is 5.09. The van der Waals surface area contributed by atoms with Crippen molar-refractivity contribution in [1.29, 1.82) is 0 Å². The van der Waals surface area contributed by atoms with Crippen LogP contribution in [0.3, 0.4) is 0 Å². The number of rotatable bonds is 5. The Morgan fingerprint density at radius 2 is 2.17 bits per heavy atom. The van der Waals surface area contributed by atoms with Crippen LogP contribution in [0.15, 0.2) is 42.0 Å². The van der Waals surface area contributed by atoms with Gasteiger partial charge in [-0.25, -0.2) is 4.98 Å². The molecule has 8 heteroatoms. The average molecular weight is 411 g/mol. The number of hydrogen-bond acceptors (Lipinski definition) is 6. The van der Waals surface area contributed by atoms with Crippen LogP contribution in [-0.4, -0.2) is 41.1 Å². The average Bonchev–Trinajstić information content (AvgIpc) is 3.13. The van der Waals surface area contributed by atoms with Crippen molar-refractivity contribution in [3.8, 4) is 11.5 Å². The van der Waals surface area contributed by atoms with E-state index in [0.717, 1.165) is 15.3 Å². The number of hydrogen-bond donors (Lipinski definition) is 0. The van der Waals surface area contributed by atoms with Crippen LogP contribution in [0.4, 0.5) is 0 Å². The molecule has 0 fully saturated rings. The number of aromatic nitrogens is 2. The molecule has 1 aliphatic heterocycles. The fourth-order valence-corrected chi connectivity index (χ4v) is 4.80. The van der Waals surface area contributed by atoms with E-state index in [1.54, 1.807) is 47.2 Å². The monoisotopic (exact) mass is 411 g/mol. The second-order valence-electron chi connectivity index (χ2n) is 6.72. The smallest absolute Gasteiger partial charge is 0.262 e. The lowest BCUT2D eigenvalue weighted by atomic mass is 10.0. The Kier molecular flexibility index (Phi) is 5.10. The zero-order chi connectivity index (χ0) is 20.5. The summed E-state index contributed by atoms with van der Waals surface area (Å²) >= 11 is 1.48. The summed E-state index contributed by atoms with van der Waals surface area (Å²) in [7, 11) is 3.10. The normalized spacial score (nSPS) is 13.2. The first-order chi connectivity index (χ1) is 14.1. The summed E-state index contributed by atoms with van der Waals surface area (Å²) in [6.07, 6.45) is 3.85. The number of benzene rings is 1. The van der Waals surface area contributed by atoms with E-state index in [9.17, 15) is 9.59 Å². The maximum absolute atomic E-state index is 13.1. The van der Waals surface area contributed by atoms with Crippen molar-refractivity contribution >= 4 is 27.5 Å². The van der Waals surface area contributed by atoms with E-state index in [2.05, 4.69) is 11.6 Å². The Labute approximate surface area is 171 Å². The number of fused-ring (bicyclic) bond motifs is 3. The maximum atomic E-state index is 13.1. The molecule has 29 heavy (non-hydrogen) atoms. The lowest BCUT2D eigenvalue weighted by Gasteiger charge is -2.27. The number of allylic oxidation sites excluding steroid dienone is 1. The van der Waals surface area contributed by atoms with Crippen molar-refractivity contribution in [3.05, 3.63) is 63.5 Å². The highest BCUT2D eigenvalue weighted by atomic mass is 32.1. The van der Waals surface area contributed by atoms with Crippen LogP contribution in [0, 0.1) is 0 Å². The minimum absolute atomic E-state index is 0.0519. The van der Waals surface area contributed by atoms with Crippen molar-refractivity contribution in [1.82, 2.24) is 14.5 Å². The molecule has 1 aromatic carbocycles. The van der Waals surface area contributed by atoms with Gasteiger partial charge in [-0.15, -0.1) is 17.9 Å². The summed E-state index contributed by atoms with van der Waals surface area (Å²) in [6, 6.07) is 5.17. The third kappa shape index (κ3) is 3.29. The lowest BCUT2D eigenvalue weighted by Crippen LogP contribution is -2.35. The number of carbonyl (C=O) groups is 1. The first-order valence-electron chi connectivity index (χ1n) is 9.19. The predicted octanol–water partition coefficient (Wildman–Crippen LogP) is 2.86. The SMILES string of the molecule is C=CCn1cnc2sc3c(c2c1=O)CCN(C(=O)c1ccc(OC)cc1OC)C3. The number of amides is 1. The van der Waals surface area contributed by atoms with Crippen molar-refractivity contribution in [2.24, 2.45) is 0 Å². The molecule has 0 saturated heterocycles. The molecule has 2 aromatic heterocycles. The molecule has 150 valence electrons. The van der Waals surface area contributed by atoms with Gasteiger partial charge in [-0.05, 0) is 24.1 Å². The molecule has 7 nitrogen and oxygen atoms in total. The molecule has 0 spiro atoms. The van der Waals surface area contributed by atoms with Gasteiger partial charge in [0.05, 0.1) is 38.0 Å². The van der Waals surface area contributed by atoms with E-state index in [4.69, 9.17) is 9.47 Å². The van der Waals surface area contributed by atoms with Gasteiger partial charge in [0.15, 0.2) is 0 Å². The molecule has 1 aliphatic rings. The highest BCUT2D eigenvalue weighted by molar-refractivity contribution is 7.18. The number of nitrogens with zero attached hydrogens (tertiary/aromatic N) is 3. The Morgan fingerprint density at radius 1 is 1.34 bits per heavy atom. The van der Waals surface area contributed by atoms with Crippen LogP contribution in [0.1, 0.15) is 20.8 Å². The van der Waals surface area contributed by atoms with E-state index in [1.165, 1.54) is 18.4 Å². The Hall–Kier alpha value is -3.13. The molecule has 0 aliphatic carbocycles. The minimum atomic E-state index is -0.107. The summed E-state index contributed by atoms with van der Waals surface area (Å²) in [5.74, 6) is 1.00. The van der Waals surface area contributed by atoms with Crippen LogP contribution >= 0.6 is 11.3 Å². The first kappa shape index (κ1) is 19.2. The van der Waals surface area contributed by atoms with Crippen molar-refractivity contribution < 1.29 is 14.3 Å². The fraction of sp³-hybridized carbons (Fsp3) is 0.286. The number of carbonyl (C=O) groups excluding carboxylic acids is 1. The van der Waals surface area contributed by atoms with E-state index in [1.807, 2.05) is 0 Å². The van der Waals surface area contributed by atoms with Gasteiger partial charge in [0, 0.05) is 24.0 Å². The molecule has 3 aromatic rings. The van der Waals surface area contributed by atoms with Crippen molar-refractivity contribution in [3.63, 3.8) is 0 Å². The number of methoxy groups -OCH3 is 2. The van der Waals surface area contributed by atoms with Crippen molar-refractivity contribution in [2.75, 3.05) is 20.8 Å². The summed E-state index contributed by atoms with van der Waals surface area (Å²) < 4.78 is 12.1. The third-order valence-corrected chi connectivity index (χ3v) is 6.20. The van der Waals surface area contributed by atoms with Gasteiger partial charge in [-0.2, -0.15) is 0 Å². The second-order valence-corrected chi connectivity index (χ2v) is 7.80. The van der Waals surface area contributed by atoms with Gasteiger partial charge in [-0.3, -0.25) is 14.2 Å². The predicted molar refractivity (Wildman–Crippen MR) is 112 cm³/mol. The van der Waals surface area contributed by atoms with Gasteiger partial charge in [-0.1, -0.05) is 6.08 Å². The molecule has 4 rings (SSSR count). The molecule has 1 amide bonds. The molecule has 0 N–H and O–H groups in total. The molecule has 3 heterocycles. The Bertz CT molecular complexity index is 1160. The third-order valence-electron chi connectivity index (χ3n) is 5.08. The minimum Gasteiger partial charge on any atom is -0.497 e. The number of ether oxygens (including phenoxy) is 2. The summed E-state index contributed by atoms with van der Waals surface area (Å²) in [4.78, 5) is 33.9. The molecule has 0 unspecified atom stereocenters. The van der Waals surface area contributed by atoms with E-state index in [-0.39, 0.29) is 11.5 Å². The summed E-state index contributed by atoms with van der Waals surface area (Å²) in [5, 5.41) is 0.670. The van der Waals surface area contributed by atoms with Crippen LogP contribution in [-0.2, 0) is 19.5 Å². The quantitative estimate of drug-likeness (QED) is 0.604. The van der Waals surface area contributed by atoms with Crippen LogP contribution in [0.25, 0.3) is 10.2 Å². The van der Waals surface area contributed by atoms with E-state index < -0.39 is 0 Å². The van der Waals surface area contributed by atoms with E-state index >= 15 is 0 Å². The van der Waals surface area contributed by atoms with Crippen LogP contribution in [0.5, 0.6) is 11.5 Å². The molecule has 0 saturated carbocycles. The molecule has 0 radical (unpaired) electrons. The van der Waals surface area contributed by atoms with Gasteiger partial charge < -0.3 is 14.4 Å². The van der Waals surface area contributed by atoms with Gasteiger partial charge >= 0.3 is 0 Å². The summed E-state index contributed by atoms with van der Waals surface area (Å²) in [5.41, 5.74) is 1.44. The van der Waals surface area contributed by atoms with Gasteiger partial charge in [0.2, 0.25) is 0 Å². The van der Waals surface area contributed by atoms with Gasteiger partial charge in [0.1, 0.15) is 16.3 Å². The first-order valence-corrected chi connectivity index (χ1v) is 10.0. The number of thiophene rings is 1. The topological polar surface area (TPSA) is 73.7 Å². The standard InChI is InChI=1S/C21H21N3O4S/c1-4-8-24-12-22-19-18(21(24)26)15-7-9-23(11-17(15)29-19)20(25)14-6-5-13(27-2)10-16(14)28-3/h4-6,10,12H,1,7-9,11H2,2-3H3. The Balaban J connectivity index is 1.67. The maximum Gasteiger partial charge on any atom is 0.262 e. The zero-order valence-electron chi connectivity index (χ0n) is 16.3. The zero-order valence-corrected chi connectivity index (χ0v) is 17.1. The van der Waals surface area contributed by atoms with E-state index in [0.29, 0.717) is 48.5 Å². The highest BCUT2D eigenvalue weighted by Gasteiger charge is 2.28. The van der Waals surface area contributed by atoms with Crippen molar-refractivity contribution in [2.45, 2.75) is 19.5 Å². The second kappa shape index (κ2) is 7.71. The molecular weight excluding hydrogens is 390 g/mol. The lowest BCUT2D eigenvalue weighted by molar-refractivity contribution is 0.0734.